The lowest BCUT2D eigenvalue weighted by atomic mass is 10.1. The predicted octanol–water partition coefficient (Wildman–Crippen LogP) is 3.38. The average molecular weight is 541 g/mol. The van der Waals surface area contributed by atoms with E-state index in [1.165, 1.54) is 12.6 Å². The lowest BCUT2D eigenvalue weighted by Crippen LogP contribution is -2.38. The van der Waals surface area contributed by atoms with Crippen LogP contribution in [-0.4, -0.2) is 65.7 Å². The fourth-order valence-electron chi connectivity index (χ4n) is 3.39. The zero-order chi connectivity index (χ0) is 20.9. The Labute approximate surface area is 191 Å². The van der Waals surface area contributed by atoms with Crippen molar-refractivity contribution >= 4 is 55.9 Å². The normalized spacial score (nSPS) is 17.5. The monoisotopic (exact) mass is 539 g/mol. The number of phenols is 1. The fourth-order valence-corrected chi connectivity index (χ4v) is 4.65. The summed E-state index contributed by atoms with van der Waals surface area (Å²) in [5.41, 5.74) is 3.46. The number of morpholine rings is 1. The molecule has 0 unspecified atom stereocenters. The average Bonchev–Trinajstić information content (AvgIpc) is 2.78. The molecule has 0 amide bonds. The Morgan fingerprint density at radius 3 is 2.33 bits per heavy atom. The van der Waals surface area contributed by atoms with Crippen molar-refractivity contribution in [2.75, 3.05) is 54.6 Å². The molecule has 160 valence electrons. The first-order valence-electron chi connectivity index (χ1n) is 9.91. The number of nitrogens with zero attached hydrogens (tertiary/aromatic N) is 6. The van der Waals surface area contributed by atoms with E-state index in [0.717, 1.165) is 43.5 Å². The van der Waals surface area contributed by atoms with Crippen LogP contribution < -0.4 is 15.2 Å². The molecule has 2 aliphatic rings. The summed E-state index contributed by atoms with van der Waals surface area (Å²) in [6.07, 6.45) is 5.04. The highest BCUT2D eigenvalue weighted by Crippen LogP contribution is 2.30. The van der Waals surface area contributed by atoms with Gasteiger partial charge in [0.15, 0.2) is 0 Å². The lowest BCUT2D eigenvalue weighted by Gasteiger charge is -2.30. The van der Waals surface area contributed by atoms with Gasteiger partial charge in [0, 0.05) is 36.2 Å². The standard InChI is InChI=1S/C19H23Br2N7O2/c20-14-10-13(16(29)15(21)11-14)12-22-26-17-23-18(27-4-2-1-3-5-27)25-19(24-17)28-6-8-30-9-7-28/h10-12,29H,1-9H2,(H,23,24,25,26)/b22-12-. The van der Waals surface area contributed by atoms with Crippen molar-refractivity contribution in [2.45, 2.75) is 19.3 Å². The third-order valence-corrected chi connectivity index (χ3v) is 6.03. The molecule has 2 aromatic rings. The van der Waals surface area contributed by atoms with Crippen LogP contribution in [0.15, 0.2) is 26.2 Å². The maximum absolute atomic E-state index is 10.2. The first-order valence-corrected chi connectivity index (χ1v) is 11.5. The van der Waals surface area contributed by atoms with Gasteiger partial charge in [0.05, 0.1) is 23.9 Å². The molecule has 0 aliphatic carbocycles. The van der Waals surface area contributed by atoms with E-state index < -0.39 is 0 Å². The zero-order valence-electron chi connectivity index (χ0n) is 16.4. The number of hydrogen-bond donors (Lipinski definition) is 2. The minimum Gasteiger partial charge on any atom is -0.506 e. The molecule has 2 fully saturated rings. The van der Waals surface area contributed by atoms with Crippen LogP contribution >= 0.6 is 31.9 Å². The number of ether oxygens (including phenoxy) is 1. The minimum atomic E-state index is 0.113. The van der Waals surface area contributed by atoms with Crippen molar-refractivity contribution in [1.29, 1.82) is 0 Å². The maximum Gasteiger partial charge on any atom is 0.250 e. The van der Waals surface area contributed by atoms with Gasteiger partial charge in [-0.3, -0.25) is 0 Å². The molecule has 11 heteroatoms. The summed E-state index contributed by atoms with van der Waals surface area (Å²) in [5.74, 6) is 1.77. The molecule has 0 radical (unpaired) electrons. The Balaban J connectivity index is 1.58. The van der Waals surface area contributed by atoms with Crippen LogP contribution in [-0.2, 0) is 4.74 Å². The van der Waals surface area contributed by atoms with E-state index in [1.54, 1.807) is 12.1 Å². The number of benzene rings is 1. The van der Waals surface area contributed by atoms with E-state index >= 15 is 0 Å². The summed E-state index contributed by atoms with van der Waals surface area (Å²) in [4.78, 5) is 18.1. The van der Waals surface area contributed by atoms with E-state index in [-0.39, 0.29) is 5.75 Å². The molecule has 2 saturated heterocycles. The summed E-state index contributed by atoms with van der Waals surface area (Å²) in [6.45, 7) is 4.67. The highest BCUT2D eigenvalue weighted by Gasteiger charge is 2.20. The van der Waals surface area contributed by atoms with Gasteiger partial charge in [-0.1, -0.05) is 15.9 Å². The van der Waals surface area contributed by atoms with E-state index in [9.17, 15) is 5.11 Å². The molecule has 2 N–H and O–H groups in total. The number of piperidine rings is 1. The van der Waals surface area contributed by atoms with E-state index in [1.807, 2.05) is 0 Å². The van der Waals surface area contributed by atoms with Crippen LogP contribution in [0, 0.1) is 0 Å². The number of phenolic OH excluding ortho intramolecular Hbond substituents is 1. The molecule has 9 nitrogen and oxygen atoms in total. The van der Waals surface area contributed by atoms with Crippen molar-refractivity contribution in [3.63, 3.8) is 0 Å². The van der Waals surface area contributed by atoms with E-state index in [2.05, 4.69) is 62.2 Å². The van der Waals surface area contributed by atoms with Gasteiger partial charge in [0.2, 0.25) is 17.8 Å². The van der Waals surface area contributed by atoms with Crippen molar-refractivity contribution < 1.29 is 9.84 Å². The van der Waals surface area contributed by atoms with E-state index in [4.69, 9.17) is 9.72 Å². The van der Waals surface area contributed by atoms with Crippen LogP contribution in [0.2, 0.25) is 0 Å². The summed E-state index contributed by atoms with van der Waals surface area (Å²) in [6, 6.07) is 3.54. The fraction of sp³-hybridized carbons (Fsp3) is 0.474. The molecule has 2 aliphatic heterocycles. The van der Waals surface area contributed by atoms with Gasteiger partial charge in [0.25, 0.3) is 0 Å². The van der Waals surface area contributed by atoms with Crippen molar-refractivity contribution in [1.82, 2.24) is 15.0 Å². The van der Waals surface area contributed by atoms with Gasteiger partial charge in [-0.2, -0.15) is 20.1 Å². The van der Waals surface area contributed by atoms with Gasteiger partial charge in [-0.15, -0.1) is 0 Å². The topological polar surface area (TPSA) is 99.0 Å². The summed E-state index contributed by atoms with van der Waals surface area (Å²) < 4.78 is 6.86. The third kappa shape index (κ3) is 5.19. The number of halogens is 2. The number of nitrogens with one attached hydrogen (secondary N) is 1. The largest absolute Gasteiger partial charge is 0.506 e. The Hall–Kier alpha value is -1.98. The highest BCUT2D eigenvalue weighted by molar-refractivity contribution is 9.11. The van der Waals surface area contributed by atoms with Gasteiger partial charge < -0.3 is 19.6 Å². The molecule has 30 heavy (non-hydrogen) atoms. The summed E-state index contributed by atoms with van der Waals surface area (Å²) >= 11 is 6.74. The van der Waals surface area contributed by atoms with Gasteiger partial charge in [-0.05, 0) is 47.3 Å². The second-order valence-electron chi connectivity index (χ2n) is 7.10. The quantitative estimate of drug-likeness (QED) is 0.440. The molecule has 3 heterocycles. The molecule has 0 bridgehead atoms. The zero-order valence-corrected chi connectivity index (χ0v) is 19.6. The summed E-state index contributed by atoms with van der Waals surface area (Å²) in [5, 5.41) is 14.4. The van der Waals surface area contributed by atoms with Crippen LogP contribution in [0.25, 0.3) is 0 Å². The van der Waals surface area contributed by atoms with Crippen LogP contribution in [0.4, 0.5) is 17.8 Å². The first-order chi connectivity index (χ1) is 14.6. The summed E-state index contributed by atoms with van der Waals surface area (Å²) in [7, 11) is 0. The smallest absolute Gasteiger partial charge is 0.250 e. The molecule has 0 saturated carbocycles. The number of hydrazone groups is 1. The second-order valence-corrected chi connectivity index (χ2v) is 8.87. The van der Waals surface area contributed by atoms with Crippen LogP contribution in [0.1, 0.15) is 24.8 Å². The van der Waals surface area contributed by atoms with Gasteiger partial charge in [0.1, 0.15) is 5.75 Å². The Morgan fingerprint density at radius 1 is 0.967 bits per heavy atom. The molecular formula is C19H23Br2N7O2. The van der Waals surface area contributed by atoms with Crippen molar-refractivity contribution in [2.24, 2.45) is 5.10 Å². The Morgan fingerprint density at radius 2 is 1.63 bits per heavy atom. The molecule has 1 aromatic heterocycles. The maximum atomic E-state index is 10.2. The number of anilines is 3. The highest BCUT2D eigenvalue weighted by atomic mass is 79.9. The Kier molecular flexibility index (Phi) is 7.00. The predicted molar refractivity (Wildman–Crippen MR) is 124 cm³/mol. The minimum absolute atomic E-state index is 0.113. The SMILES string of the molecule is Oc1c(Br)cc(Br)cc1/C=N\Nc1nc(N2CCCCC2)nc(N2CCOCC2)n1. The number of hydrogen-bond acceptors (Lipinski definition) is 9. The lowest BCUT2D eigenvalue weighted by molar-refractivity contribution is 0.122. The molecule has 1 aromatic carbocycles. The molecule has 0 atom stereocenters. The van der Waals surface area contributed by atoms with Crippen LogP contribution in [0.3, 0.4) is 0 Å². The number of aromatic hydroxyl groups is 1. The molecular weight excluding hydrogens is 518 g/mol. The first kappa shape index (κ1) is 21.3. The van der Waals surface area contributed by atoms with Gasteiger partial charge >= 0.3 is 0 Å². The molecule has 4 rings (SSSR count). The van der Waals surface area contributed by atoms with E-state index in [0.29, 0.717) is 41.1 Å². The Bertz CT molecular complexity index is 880. The number of aromatic nitrogens is 3. The van der Waals surface area contributed by atoms with Crippen molar-refractivity contribution in [3.8, 4) is 5.75 Å². The second kappa shape index (κ2) is 9.88. The van der Waals surface area contributed by atoms with Gasteiger partial charge in [-0.25, -0.2) is 5.43 Å². The third-order valence-electron chi connectivity index (χ3n) is 4.97. The molecule has 0 spiro atoms. The van der Waals surface area contributed by atoms with Crippen molar-refractivity contribution in [3.05, 3.63) is 26.6 Å². The van der Waals surface area contributed by atoms with Crippen LogP contribution in [0.5, 0.6) is 5.75 Å². The number of rotatable bonds is 5.